The summed E-state index contributed by atoms with van der Waals surface area (Å²) in [4.78, 5) is 0. The number of hydrogen-bond acceptors (Lipinski definition) is 0. The van der Waals surface area contributed by atoms with Gasteiger partial charge in [0.05, 0.1) is 5.12 Å². The van der Waals surface area contributed by atoms with Gasteiger partial charge in [-0.05, 0) is 18.6 Å². The maximum atomic E-state index is 5.80. The molecule has 9 heavy (non-hydrogen) atoms. The fourth-order valence-corrected chi connectivity index (χ4v) is 1.96. The zero-order valence-electron chi connectivity index (χ0n) is 4.99. The fraction of sp³-hybridized carbons (Fsp3) is 0.333. The van der Waals surface area contributed by atoms with Crippen molar-refractivity contribution in [1.82, 2.24) is 0 Å². The summed E-state index contributed by atoms with van der Waals surface area (Å²) < 4.78 is 0. The molecule has 0 aliphatic carbocycles. The van der Waals surface area contributed by atoms with Crippen LogP contribution in [0.5, 0.6) is 0 Å². The Morgan fingerprint density at radius 2 is 2.33 bits per heavy atom. The van der Waals surface area contributed by atoms with Crippen LogP contribution in [0, 0.1) is 0 Å². The average molecular weight is 181 g/mol. The molecule has 0 radical (unpaired) electrons. The average Bonchev–Trinajstić information content (AvgIpc) is 1.80. The van der Waals surface area contributed by atoms with Crippen molar-refractivity contribution in [2.24, 2.45) is 0 Å². The Bertz CT molecular complexity index is 172. The van der Waals surface area contributed by atoms with Gasteiger partial charge in [0.15, 0.2) is 0 Å². The molecule has 2 unspecified atom stereocenters. The Morgan fingerprint density at radius 3 is 2.78 bits per heavy atom. The molecule has 2 atom stereocenters. The minimum atomic E-state index is 0.0374. The van der Waals surface area contributed by atoms with Crippen molar-refractivity contribution in [3.63, 3.8) is 0 Å². The largest absolute Gasteiger partial charge is 0.112 e. The van der Waals surface area contributed by atoms with E-state index in [2.05, 4.69) is 5.82 Å². The maximum Gasteiger partial charge on any atom is 0.0893 e. The summed E-state index contributed by atoms with van der Waals surface area (Å²) in [5.74, 6) is 2.11. The Kier molecular flexibility index (Phi) is 2.58. The van der Waals surface area contributed by atoms with Gasteiger partial charge in [0.2, 0.25) is 0 Å². The smallest absolute Gasteiger partial charge is 0.0893 e. The van der Waals surface area contributed by atoms with Gasteiger partial charge in [0.1, 0.15) is 0 Å². The minimum absolute atomic E-state index is 0.0374. The fourth-order valence-electron chi connectivity index (χ4n) is 0.617. The van der Waals surface area contributed by atoms with E-state index in [9.17, 15) is 0 Å². The summed E-state index contributed by atoms with van der Waals surface area (Å²) in [7, 11) is 0.639. The predicted octanol–water partition coefficient (Wildman–Crippen LogP) is 3.27. The molecule has 3 heteroatoms. The summed E-state index contributed by atoms with van der Waals surface area (Å²) in [6, 6.07) is 0. The van der Waals surface area contributed by atoms with Gasteiger partial charge >= 0.3 is 0 Å². The number of halogens is 2. The molecule has 0 amide bonds. The minimum Gasteiger partial charge on any atom is -0.112 e. The Balaban J connectivity index is 2.74. The first kappa shape index (κ1) is 7.60. The standard InChI is InChI=1S/C6H7Cl2P/c1-4-2-5(7)6(8)9-3-4/h2-3,6,9H,1H3. The van der Waals surface area contributed by atoms with E-state index >= 15 is 0 Å². The van der Waals surface area contributed by atoms with Gasteiger partial charge < -0.3 is 0 Å². The van der Waals surface area contributed by atoms with E-state index in [4.69, 9.17) is 23.2 Å². The Morgan fingerprint density at radius 1 is 1.67 bits per heavy atom. The Labute approximate surface area is 66.7 Å². The molecule has 0 N–H and O–H groups in total. The summed E-state index contributed by atoms with van der Waals surface area (Å²) in [6.07, 6.45) is 1.91. The van der Waals surface area contributed by atoms with Crippen molar-refractivity contribution in [2.45, 2.75) is 12.0 Å². The van der Waals surface area contributed by atoms with Crippen LogP contribution in [0.4, 0.5) is 0 Å². The van der Waals surface area contributed by atoms with Crippen molar-refractivity contribution in [2.75, 3.05) is 0 Å². The highest BCUT2D eigenvalue weighted by Gasteiger charge is 2.10. The molecule has 0 aromatic carbocycles. The second-order valence-corrected chi connectivity index (χ2v) is 4.39. The number of alkyl halides is 1. The molecule has 1 aliphatic heterocycles. The van der Waals surface area contributed by atoms with Crippen LogP contribution in [-0.4, -0.2) is 5.12 Å². The van der Waals surface area contributed by atoms with Crippen molar-refractivity contribution < 1.29 is 0 Å². The lowest BCUT2D eigenvalue weighted by Gasteiger charge is -2.10. The molecule has 1 rings (SSSR count). The molecule has 0 nitrogen and oxygen atoms in total. The monoisotopic (exact) mass is 180 g/mol. The lowest BCUT2D eigenvalue weighted by Crippen LogP contribution is -1.92. The van der Waals surface area contributed by atoms with E-state index in [0.717, 1.165) is 5.03 Å². The van der Waals surface area contributed by atoms with Gasteiger partial charge in [0.25, 0.3) is 0 Å². The van der Waals surface area contributed by atoms with Crippen LogP contribution in [0.1, 0.15) is 6.92 Å². The van der Waals surface area contributed by atoms with Gasteiger partial charge in [-0.15, -0.1) is 11.6 Å². The third kappa shape index (κ3) is 1.97. The van der Waals surface area contributed by atoms with Crippen molar-refractivity contribution >= 4 is 31.8 Å². The third-order valence-electron chi connectivity index (χ3n) is 1.07. The summed E-state index contributed by atoms with van der Waals surface area (Å²) in [5.41, 5.74) is 1.22. The third-order valence-corrected chi connectivity index (χ3v) is 3.53. The lowest BCUT2D eigenvalue weighted by molar-refractivity contribution is 1.44. The maximum absolute atomic E-state index is 5.80. The van der Waals surface area contributed by atoms with Gasteiger partial charge in [-0.3, -0.25) is 0 Å². The van der Waals surface area contributed by atoms with Crippen molar-refractivity contribution in [1.29, 1.82) is 0 Å². The van der Waals surface area contributed by atoms with Crippen molar-refractivity contribution in [3.8, 4) is 0 Å². The van der Waals surface area contributed by atoms with Gasteiger partial charge in [-0.1, -0.05) is 26.0 Å². The van der Waals surface area contributed by atoms with E-state index in [1.54, 1.807) is 0 Å². The number of allylic oxidation sites excluding steroid dienone is 3. The van der Waals surface area contributed by atoms with Gasteiger partial charge in [-0.25, -0.2) is 0 Å². The number of hydrogen-bond donors (Lipinski definition) is 0. The first-order valence-corrected chi connectivity index (χ1v) is 4.61. The zero-order chi connectivity index (χ0) is 6.85. The molecule has 0 saturated carbocycles. The highest BCUT2D eigenvalue weighted by atomic mass is 35.5. The van der Waals surface area contributed by atoms with E-state index in [-0.39, 0.29) is 5.12 Å². The lowest BCUT2D eigenvalue weighted by atomic mass is 10.3. The second kappa shape index (κ2) is 3.05. The zero-order valence-corrected chi connectivity index (χ0v) is 7.50. The topological polar surface area (TPSA) is 0 Å². The molecule has 0 spiro atoms. The number of rotatable bonds is 0. The first-order chi connectivity index (χ1) is 4.20. The van der Waals surface area contributed by atoms with Gasteiger partial charge in [0, 0.05) is 5.03 Å². The molecule has 50 valence electrons. The molecule has 1 heterocycles. The molecular formula is C6H7Cl2P. The highest BCUT2D eigenvalue weighted by molar-refractivity contribution is 7.45. The molecule has 1 aliphatic rings. The van der Waals surface area contributed by atoms with E-state index < -0.39 is 0 Å². The summed E-state index contributed by atoms with van der Waals surface area (Å²) in [5, 5.41) is 0.811. The van der Waals surface area contributed by atoms with Crippen LogP contribution in [0.2, 0.25) is 0 Å². The van der Waals surface area contributed by atoms with E-state index in [0.29, 0.717) is 8.58 Å². The molecule has 0 aromatic rings. The van der Waals surface area contributed by atoms with Crippen molar-refractivity contribution in [3.05, 3.63) is 22.5 Å². The van der Waals surface area contributed by atoms with Crippen LogP contribution >= 0.6 is 31.8 Å². The molecule has 0 aromatic heterocycles. The van der Waals surface area contributed by atoms with Crippen LogP contribution < -0.4 is 0 Å². The summed E-state index contributed by atoms with van der Waals surface area (Å²) in [6.45, 7) is 2.03. The van der Waals surface area contributed by atoms with E-state index in [1.807, 2.05) is 13.0 Å². The summed E-state index contributed by atoms with van der Waals surface area (Å²) >= 11 is 11.6. The van der Waals surface area contributed by atoms with Crippen LogP contribution in [0.3, 0.4) is 0 Å². The second-order valence-electron chi connectivity index (χ2n) is 1.95. The molecule has 0 fully saturated rings. The van der Waals surface area contributed by atoms with Gasteiger partial charge in [-0.2, -0.15) is 0 Å². The van der Waals surface area contributed by atoms with Crippen LogP contribution in [-0.2, 0) is 0 Å². The first-order valence-electron chi connectivity index (χ1n) is 2.64. The SMILES string of the molecule is CC1=CPC(Cl)C(Cl)=C1. The molecule has 0 saturated heterocycles. The van der Waals surface area contributed by atoms with E-state index in [1.165, 1.54) is 5.57 Å². The quantitative estimate of drug-likeness (QED) is 0.397. The Hall–Kier alpha value is 0.490. The predicted molar refractivity (Wildman–Crippen MR) is 45.6 cm³/mol. The van der Waals surface area contributed by atoms with Crippen LogP contribution in [0.15, 0.2) is 22.5 Å². The molecule has 0 bridgehead atoms. The molecular weight excluding hydrogens is 174 g/mol. The highest BCUT2D eigenvalue weighted by Crippen LogP contribution is 2.37. The normalized spacial score (nSPS) is 29.9. The van der Waals surface area contributed by atoms with Crippen LogP contribution in [0.25, 0.3) is 0 Å².